The second kappa shape index (κ2) is 18.1. The fourth-order valence-electron chi connectivity index (χ4n) is 10.9. The number of benzene rings is 9. The van der Waals surface area contributed by atoms with E-state index in [1.54, 1.807) is 0 Å². The van der Waals surface area contributed by atoms with E-state index in [0.29, 0.717) is 17.5 Å². The largest absolute Gasteiger partial charge is 0.509 e. The monoisotopic (exact) mass is 1140 g/mol. The maximum Gasteiger partial charge on any atom is 0.135 e. The van der Waals surface area contributed by atoms with Crippen molar-refractivity contribution in [2.75, 3.05) is 4.90 Å². The molecule has 5 nitrogen and oxygen atoms in total. The molecule has 74 heavy (non-hydrogen) atoms. The van der Waals surface area contributed by atoms with Crippen LogP contribution in [0.25, 0.3) is 93.2 Å². The van der Waals surface area contributed by atoms with Crippen molar-refractivity contribution in [2.24, 2.45) is 0 Å². The molecule has 0 aliphatic carbocycles. The Morgan fingerprint density at radius 2 is 1.12 bits per heavy atom. The number of hydrogen-bond donors (Lipinski definition) is 0. The van der Waals surface area contributed by atoms with E-state index in [-0.39, 0.29) is 31.9 Å². The SMILES string of the molecule is [2H]c1cc(-c2cccc3c4ccccc4c4ccccc4c4cccc5c4n(c23)[CH-]N5c2[c-]c(Oc3[c-]c4c(cc3)c3c(-c5ccccc5)cccc3n4-c3cc(C(C)(C)C)ccn3)ccc2)cc(C(C)(C)C)c1.[Pt]. The molecule has 9 aromatic carbocycles. The Kier molecular flexibility index (Phi) is 11.2. The third-order valence-electron chi connectivity index (χ3n) is 14.5. The Morgan fingerprint density at radius 1 is 0.514 bits per heavy atom. The summed E-state index contributed by atoms with van der Waals surface area (Å²) in [7, 11) is 0. The van der Waals surface area contributed by atoms with Crippen LogP contribution in [0.3, 0.4) is 0 Å². The van der Waals surface area contributed by atoms with Crippen LogP contribution < -0.4 is 9.64 Å². The Morgan fingerprint density at radius 3 is 1.85 bits per heavy atom. The molecule has 0 saturated carbocycles. The van der Waals surface area contributed by atoms with Gasteiger partial charge in [0.25, 0.3) is 0 Å². The minimum absolute atomic E-state index is 0. The van der Waals surface area contributed by atoms with Gasteiger partial charge in [-0.05, 0) is 124 Å². The summed E-state index contributed by atoms with van der Waals surface area (Å²) in [6.07, 6.45) is 1.91. The summed E-state index contributed by atoms with van der Waals surface area (Å²) in [5.41, 5.74) is 12.3. The Bertz CT molecular complexity index is 4310. The number of rotatable bonds is 6. The number of para-hydroxylation sites is 2. The van der Waals surface area contributed by atoms with Crippen molar-refractivity contribution < 1.29 is 27.2 Å². The van der Waals surface area contributed by atoms with Crippen molar-refractivity contribution in [1.29, 1.82) is 0 Å². The minimum Gasteiger partial charge on any atom is -0.509 e. The molecule has 0 saturated heterocycles. The second-order valence-electron chi connectivity index (χ2n) is 21.2. The van der Waals surface area contributed by atoms with Crippen molar-refractivity contribution in [3.63, 3.8) is 0 Å². The molecule has 0 radical (unpaired) electrons. The predicted octanol–water partition coefficient (Wildman–Crippen LogP) is 18.2. The number of anilines is 2. The molecule has 13 rings (SSSR count). The molecular formula is C68H53N4OPt-3. The molecule has 6 heteroatoms. The van der Waals surface area contributed by atoms with E-state index in [4.69, 9.17) is 11.1 Å². The molecule has 0 bridgehead atoms. The first-order chi connectivity index (χ1) is 35.9. The molecular weight excluding hydrogens is 1080 g/mol. The molecule has 0 N–H and O–H groups in total. The quantitative estimate of drug-likeness (QED) is 0.156. The Labute approximate surface area is 448 Å². The fourth-order valence-corrected chi connectivity index (χ4v) is 10.9. The van der Waals surface area contributed by atoms with Crippen LogP contribution in [-0.2, 0) is 31.9 Å². The maximum absolute atomic E-state index is 9.06. The summed E-state index contributed by atoms with van der Waals surface area (Å²) < 4.78 is 20.5. The van der Waals surface area contributed by atoms with E-state index in [1.165, 1.54) is 16.3 Å². The number of aromatic nitrogens is 3. The third kappa shape index (κ3) is 7.90. The summed E-state index contributed by atoms with van der Waals surface area (Å²) in [5.74, 6) is 1.96. The van der Waals surface area contributed by atoms with Gasteiger partial charge in [-0.3, -0.25) is 0 Å². The van der Waals surface area contributed by atoms with Crippen LogP contribution >= 0.6 is 0 Å². The van der Waals surface area contributed by atoms with Crippen LogP contribution in [0, 0.1) is 18.8 Å². The maximum atomic E-state index is 9.06. The Balaban J connectivity index is 0.00000569. The third-order valence-corrected chi connectivity index (χ3v) is 14.5. The molecule has 0 spiro atoms. The second-order valence-corrected chi connectivity index (χ2v) is 21.2. The van der Waals surface area contributed by atoms with Crippen LogP contribution in [0.2, 0.25) is 0 Å². The topological polar surface area (TPSA) is 35.2 Å². The van der Waals surface area contributed by atoms with Crippen molar-refractivity contribution in [2.45, 2.75) is 52.4 Å². The molecule has 12 aromatic rings. The summed E-state index contributed by atoms with van der Waals surface area (Å²) >= 11 is 0. The fraction of sp³-hybridized carbons (Fsp3) is 0.118. The number of pyridine rings is 1. The van der Waals surface area contributed by atoms with Gasteiger partial charge in [0.15, 0.2) is 0 Å². The average molecular weight is 1140 g/mol. The molecule has 3 aromatic heterocycles. The van der Waals surface area contributed by atoms with Gasteiger partial charge >= 0.3 is 0 Å². The number of hydrogen-bond acceptors (Lipinski definition) is 3. The van der Waals surface area contributed by atoms with Crippen molar-refractivity contribution in [3.8, 4) is 39.6 Å². The zero-order valence-electron chi connectivity index (χ0n) is 43.1. The molecule has 1 aliphatic heterocycles. The molecule has 0 amide bonds. The summed E-state index contributed by atoms with van der Waals surface area (Å²) in [6, 6.07) is 76.5. The van der Waals surface area contributed by atoms with Gasteiger partial charge in [-0.25, -0.2) is 4.98 Å². The van der Waals surface area contributed by atoms with Crippen LogP contribution in [0.5, 0.6) is 11.5 Å². The normalized spacial score (nSPS) is 12.6. The van der Waals surface area contributed by atoms with Gasteiger partial charge < -0.3 is 18.8 Å². The van der Waals surface area contributed by atoms with Crippen LogP contribution in [-0.4, -0.2) is 14.1 Å². The average Bonchev–Trinajstić information content (AvgIpc) is 3.99. The number of nitrogens with zero attached hydrogens (tertiary/aromatic N) is 4. The van der Waals surface area contributed by atoms with E-state index < -0.39 is 0 Å². The molecule has 0 atom stereocenters. The van der Waals surface area contributed by atoms with Crippen molar-refractivity contribution in [3.05, 3.63) is 236 Å². The predicted molar refractivity (Wildman–Crippen MR) is 305 cm³/mol. The first kappa shape index (κ1) is 45.7. The van der Waals surface area contributed by atoms with E-state index >= 15 is 0 Å². The van der Waals surface area contributed by atoms with Gasteiger partial charge in [0.05, 0.1) is 1.37 Å². The van der Waals surface area contributed by atoms with Gasteiger partial charge in [-0.15, -0.1) is 35.7 Å². The van der Waals surface area contributed by atoms with Gasteiger partial charge in [0, 0.05) is 50.0 Å². The standard InChI is InChI=1S/C68H53N4O.Pt/c1-67(2,3)46-22-14-21-45(39-46)52-30-16-31-57-55-27-12-10-25-53(55)54-26-11-13-28-56(54)58-32-18-34-61-66(58)71(65(52)57)43-70(61)48-23-15-24-49(41-48)73-50-35-36-59-62(42-50)72(63-40-47(37-38-69-63)68(4,5)6)60-33-17-29-51(64(59)60)44-19-8-7-9-20-44;/h7-40,43H,1-6H3;/q-3;/i14D;. The van der Waals surface area contributed by atoms with Crippen LogP contribution in [0.1, 0.15) is 54.0 Å². The molecule has 4 heterocycles. The number of ether oxygens (including phenoxy) is 1. The molecule has 364 valence electrons. The first-order valence-electron chi connectivity index (χ1n) is 25.6. The summed E-state index contributed by atoms with van der Waals surface area (Å²) in [6.45, 7) is 15.5. The van der Waals surface area contributed by atoms with E-state index in [9.17, 15) is 0 Å². The zero-order valence-corrected chi connectivity index (χ0v) is 44.4. The molecule has 0 unspecified atom stereocenters. The first-order valence-corrected chi connectivity index (χ1v) is 25.1. The zero-order chi connectivity index (χ0) is 50.5. The van der Waals surface area contributed by atoms with Gasteiger partial charge in [-0.1, -0.05) is 198 Å². The number of fused-ring (bicyclic) bond motifs is 10. The van der Waals surface area contributed by atoms with Gasteiger partial charge in [0.1, 0.15) is 5.82 Å². The van der Waals surface area contributed by atoms with Crippen LogP contribution in [0.4, 0.5) is 11.4 Å². The van der Waals surface area contributed by atoms with Gasteiger partial charge in [-0.2, -0.15) is 12.1 Å². The van der Waals surface area contributed by atoms with Crippen molar-refractivity contribution >= 4 is 76.5 Å². The van der Waals surface area contributed by atoms with E-state index in [1.807, 2.05) is 36.5 Å². The van der Waals surface area contributed by atoms with Crippen LogP contribution in [0.15, 0.2) is 206 Å². The summed E-state index contributed by atoms with van der Waals surface area (Å²) in [4.78, 5) is 7.21. The smallest absolute Gasteiger partial charge is 0.135 e. The van der Waals surface area contributed by atoms with E-state index in [2.05, 4.69) is 238 Å². The van der Waals surface area contributed by atoms with Crippen molar-refractivity contribution in [1.82, 2.24) is 14.1 Å². The molecule has 1 aliphatic rings. The van der Waals surface area contributed by atoms with E-state index in [0.717, 1.165) is 99.4 Å². The Hall–Kier alpha value is -8.11. The van der Waals surface area contributed by atoms with Gasteiger partial charge in [0.2, 0.25) is 0 Å². The molecule has 0 fully saturated rings. The summed E-state index contributed by atoms with van der Waals surface area (Å²) in [5, 5.41) is 9.03. The minimum atomic E-state index is -0.150.